The van der Waals surface area contributed by atoms with Crippen LogP contribution < -0.4 is 11.1 Å². The fraction of sp³-hybridized carbons (Fsp3) is 0.500. The molecule has 0 aromatic carbocycles. The number of halogens is 2. The van der Waals surface area contributed by atoms with E-state index in [4.69, 9.17) is 28.9 Å². The molecule has 2 atom stereocenters. The van der Waals surface area contributed by atoms with Crippen molar-refractivity contribution >= 4 is 50.5 Å². The van der Waals surface area contributed by atoms with Gasteiger partial charge in [-0.05, 0) is 12.5 Å². The topological polar surface area (TPSA) is 92.5 Å². The lowest BCUT2D eigenvalue weighted by Crippen LogP contribution is -2.44. The first-order valence-electron chi connectivity index (χ1n) is 5.71. The van der Waals surface area contributed by atoms with Crippen LogP contribution in [0.2, 0.25) is 9.36 Å². The zero-order valence-electron chi connectivity index (χ0n) is 10.5. The second-order valence-corrected chi connectivity index (χ2v) is 8.57. The Bertz CT molecular complexity index is 612. The Morgan fingerprint density at radius 2 is 2.20 bits per heavy atom. The van der Waals surface area contributed by atoms with Gasteiger partial charge in [0.1, 0.15) is 14.6 Å². The summed E-state index contributed by atoms with van der Waals surface area (Å²) in [6.45, 7) is 0.0908. The van der Waals surface area contributed by atoms with Gasteiger partial charge in [0.25, 0.3) is 10.0 Å². The number of nitrogens with zero attached hydrogens (tertiary/aromatic N) is 1. The lowest BCUT2D eigenvalue weighted by atomic mass is 10.2. The molecule has 0 radical (unpaired) electrons. The molecule has 6 nitrogen and oxygen atoms in total. The van der Waals surface area contributed by atoms with Crippen molar-refractivity contribution in [3.63, 3.8) is 0 Å². The summed E-state index contributed by atoms with van der Waals surface area (Å²) in [6.07, 6.45) is 0.283. The molecule has 0 unspecified atom stereocenters. The number of rotatable bonds is 3. The van der Waals surface area contributed by atoms with Gasteiger partial charge in [0.2, 0.25) is 5.91 Å². The van der Waals surface area contributed by atoms with Gasteiger partial charge in [0.15, 0.2) is 0 Å². The maximum absolute atomic E-state index is 12.6. The minimum atomic E-state index is -3.84. The molecule has 1 saturated heterocycles. The van der Waals surface area contributed by atoms with Crippen molar-refractivity contribution in [3.05, 3.63) is 15.4 Å². The molecule has 112 valence electrons. The van der Waals surface area contributed by atoms with E-state index in [9.17, 15) is 13.2 Å². The molecule has 1 aromatic heterocycles. The number of hydrogen-bond donors (Lipinski definition) is 2. The van der Waals surface area contributed by atoms with E-state index in [0.29, 0.717) is 0 Å². The number of likely N-dealkylation sites (N-methyl/N-ethyl adjacent to an activating group) is 1. The van der Waals surface area contributed by atoms with E-state index in [1.807, 2.05) is 0 Å². The lowest BCUT2D eigenvalue weighted by molar-refractivity contribution is -0.123. The summed E-state index contributed by atoms with van der Waals surface area (Å²) in [5.41, 5.74) is 5.78. The van der Waals surface area contributed by atoms with Crippen molar-refractivity contribution in [2.75, 3.05) is 13.6 Å². The lowest BCUT2D eigenvalue weighted by Gasteiger charge is -2.21. The number of carbonyl (C=O) groups is 1. The number of nitrogens with two attached hydrogens (primary N) is 1. The van der Waals surface area contributed by atoms with E-state index in [2.05, 4.69) is 5.32 Å². The quantitative estimate of drug-likeness (QED) is 0.839. The van der Waals surface area contributed by atoms with Gasteiger partial charge in [-0.25, -0.2) is 8.42 Å². The normalized spacial score (nSPS) is 24.0. The highest BCUT2D eigenvalue weighted by Gasteiger charge is 2.43. The third kappa shape index (κ3) is 2.81. The average Bonchev–Trinajstić information content (AvgIpc) is 2.93. The minimum absolute atomic E-state index is 0.00973. The smallest absolute Gasteiger partial charge is 0.253 e. The number of nitrogens with one attached hydrogen (secondary N) is 1. The molecule has 20 heavy (non-hydrogen) atoms. The zero-order valence-corrected chi connectivity index (χ0v) is 13.6. The van der Waals surface area contributed by atoms with E-state index in [-0.39, 0.29) is 38.5 Å². The molecule has 1 aliphatic heterocycles. The van der Waals surface area contributed by atoms with Crippen LogP contribution in [-0.4, -0.2) is 44.3 Å². The van der Waals surface area contributed by atoms with Crippen LogP contribution in [0.15, 0.2) is 10.3 Å². The van der Waals surface area contributed by atoms with Crippen LogP contribution in [0.4, 0.5) is 0 Å². The van der Waals surface area contributed by atoms with E-state index < -0.39 is 16.1 Å². The molecule has 0 aliphatic carbocycles. The predicted octanol–water partition coefficient (Wildman–Crippen LogP) is 0.891. The van der Waals surface area contributed by atoms with Crippen molar-refractivity contribution in [2.24, 2.45) is 5.73 Å². The first-order valence-corrected chi connectivity index (χ1v) is 8.72. The number of sulfonamides is 1. The van der Waals surface area contributed by atoms with E-state index in [0.717, 1.165) is 15.6 Å². The summed E-state index contributed by atoms with van der Waals surface area (Å²) in [5, 5.41) is 2.62. The summed E-state index contributed by atoms with van der Waals surface area (Å²) < 4.78 is 26.4. The molecule has 0 saturated carbocycles. The summed E-state index contributed by atoms with van der Waals surface area (Å²) >= 11 is 12.4. The van der Waals surface area contributed by atoms with Crippen LogP contribution in [0.5, 0.6) is 0 Å². The SMILES string of the molecule is CNC(=O)[C@@H]1C[C@H](N)CN1S(=O)(=O)c1cc(Cl)c(Cl)s1. The second-order valence-electron chi connectivity index (χ2n) is 4.39. The Kier molecular flexibility index (Phi) is 4.63. The molecule has 0 bridgehead atoms. The van der Waals surface area contributed by atoms with Crippen LogP contribution in [0.1, 0.15) is 6.42 Å². The Balaban J connectivity index is 2.39. The summed E-state index contributed by atoms with van der Waals surface area (Å²) in [7, 11) is -2.38. The first-order chi connectivity index (χ1) is 9.27. The van der Waals surface area contributed by atoms with Gasteiger partial charge in [-0.2, -0.15) is 4.31 Å². The minimum Gasteiger partial charge on any atom is -0.358 e. The molecule has 1 aliphatic rings. The number of thiophene rings is 1. The molecule has 1 fully saturated rings. The maximum atomic E-state index is 12.6. The van der Waals surface area contributed by atoms with Gasteiger partial charge in [-0.15, -0.1) is 11.3 Å². The van der Waals surface area contributed by atoms with Crippen LogP contribution in [-0.2, 0) is 14.8 Å². The molecule has 1 amide bonds. The van der Waals surface area contributed by atoms with Crippen molar-refractivity contribution < 1.29 is 13.2 Å². The highest BCUT2D eigenvalue weighted by atomic mass is 35.5. The highest BCUT2D eigenvalue weighted by molar-refractivity contribution is 7.91. The molecule has 10 heteroatoms. The monoisotopic (exact) mass is 357 g/mol. The summed E-state index contributed by atoms with van der Waals surface area (Å²) in [6, 6.07) is 0.104. The molecule has 1 aromatic rings. The molecular formula is C10H13Cl2N3O3S2. The van der Waals surface area contributed by atoms with Crippen molar-refractivity contribution in [1.82, 2.24) is 9.62 Å². The summed E-state index contributed by atoms with van der Waals surface area (Å²) in [4.78, 5) is 11.8. The second kappa shape index (κ2) is 5.78. The Morgan fingerprint density at radius 1 is 1.55 bits per heavy atom. The molecule has 3 N–H and O–H groups in total. The largest absolute Gasteiger partial charge is 0.358 e. The summed E-state index contributed by atoms with van der Waals surface area (Å²) in [5.74, 6) is -0.379. The fourth-order valence-corrected chi connectivity index (χ4v) is 5.74. The molecular weight excluding hydrogens is 345 g/mol. The third-order valence-corrected chi connectivity index (χ3v) is 7.21. The Morgan fingerprint density at radius 3 is 2.70 bits per heavy atom. The standard InChI is InChI=1S/C10H13Cl2N3O3S2/c1-14-10(16)7-2-5(13)4-15(7)20(17,18)8-3-6(11)9(12)19-8/h3,5,7H,2,4,13H2,1H3,(H,14,16)/t5-,7-/m0/s1. The molecule has 2 heterocycles. The number of amides is 1. The van der Waals surface area contributed by atoms with Gasteiger partial charge >= 0.3 is 0 Å². The maximum Gasteiger partial charge on any atom is 0.253 e. The highest BCUT2D eigenvalue weighted by Crippen LogP contribution is 2.37. The molecule has 0 spiro atoms. The van der Waals surface area contributed by atoms with Gasteiger partial charge < -0.3 is 11.1 Å². The van der Waals surface area contributed by atoms with Crippen LogP contribution in [0, 0.1) is 0 Å². The van der Waals surface area contributed by atoms with Gasteiger partial charge in [-0.1, -0.05) is 23.2 Å². The van der Waals surface area contributed by atoms with Crippen molar-refractivity contribution in [2.45, 2.75) is 22.7 Å². The van der Waals surface area contributed by atoms with Crippen molar-refractivity contribution in [1.29, 1.82) is 0 Å². The van der Waals surface area contributed by atoms with E-state index in [1.165, 1.54) is 13.1 Å². The number of carbonyl (C=O) groups excluding carboxylic acids is 1. The molecule has 2 rings (SSSR count). The predicted molar refractivity (Wildman–Crippen MR) is 78.7 cm³/mol. The number of hydrogen-bond acceptors (Lipinski definition) is 5. The van der Waals surface area contributed by atoms with Crippen LogP contribution in [0.25, 0.3) is 0 Å². The first kappa shape index (κ1) is 16.0. The Hall–Kier alpha value is -0.380. The van der Waals surface area contributed by atoms with Crippen LogP contribution in [0.3, 0.4) is 0 Å². The van der Waals surface area contributed by atoms with Crippen LogP contribution >= 0.6 is 34.5 Å². The van der Waals surface area contributed by atoms with Crippen molar-refractivity contribution in [3.8, 4) is 0 Å². The zero-order chi connectivity index (χ0) is 15.1. The van der Waals surface area contributed by atoms with Gasteiger partial charge in [-0.3, -0.25) is 4.79 Å². The van der Waals surface area contributed by atoms with Gasteiger partial charge in [0.05, 0.1) is 5.02 Å². The third-order valence-electron chi connectivity index (χ3n) is 3.02. The van der Waals surface area contributed by atoms with Gasteiger partial charge in [0, 0.05) is 19.6 Å². The van der Waals surface area contributed by atoms with E-state index in [1.54, 1.807) is 0 Å². The average molecular weight is 358 g/mol. The Labute approximate surface area is 130 Å². The fourth-order valence-electron chi connectivity index (χ4n) is 2.08. The van der Waals surface area contributed by atoms with E-state index >= 15 is 0 Å².